The summed E-state index contributed by atoms with van der Waals surface area (Å²) in [5.74, 6) is 1.66. The molecule has 6 nitrogen and oxygen atoms in total. The van der Waals surface area contributed by atoms with Gasteiger partial charge < -0.3 is 14.6 Å². The highest BCUT2D eigenvalue weighted by atomic mass is 16.5. The first-order valence-electron chi connectivity index (χ1n) is 5.02. The molecule has 0 amide bonds. The summed E-state index contributed by atoms with van der Waals surface area (Å²) < 4.78 is 9.96. The lowest BCUT2D eigenvalue weighted by Gasteiger charge is -2.03. The van der Waals surface area contributed by atoms with E-state index in [1.54, 1.807) is 25.3 Å². The van der Waals surface area contributed by atoms with Crippen molar-refractivity contribution in [1.29, 1.82) is 0 Å². The van der Waals surface area contributed by atoms with Crippen molar-refractivity contribution in [2.24, 2.45) is 0 Å². The van der Waals surface area contributed by atoms with Gasteiger partial charge in [0.1, 0.15) is 6.61 Å². The van der Waals surface area contributed by atoms with E-state index in [1.807, 2.05) is 0 Å². The molecule has 17 heavy (non-hydrogen) atoms. The van der Waals surface area contributed by atoms with Gasteiger partial charge in [0.05, 0.1) is 7.11 Å². The maximum Gasteiger partial charge on any atom is 0.181 e. The number of H-pyrrole nitrogens is 1. The number of rotatable bonds is 4. The minimum Gasteiger partial charge on any atom is -0.504 e. The Balaban J connectivity index is 2.32. The predicted molar refractivity (Wildman–Crippen MR) is 60.7 cm³/mol. The lowest BCUT2D eigenvalue weighted by Crippen LogP contribution is -1.89. The molecule has 0 aliphatic rings. The van der Waals surface area contributed by atoms with Gasteiger partial charge in [0.2, 0.25) is 0 Å². The Morgan fingerprint density at radius 3 is 2.88 bits per heavy atom. The number of phenols is 1. The quantitative estimate of drug-likeness (QED) is 0.835. The number of hydrogen-bond donors (Lipinski definition) is 2. The fourth-order valence-corrected chi connectivity index (χ4v) is 1.44. The lowest BCUT2D eigenvalue weighted by atomic mass is 10.2. The van der Waals surface area contributed by atoms with Crippen molar-refractivity contribution in [3.05, 3.63) is 24.0 Å². The molecule has 2 aromatic rings. The van der Waals surface area contributed by atoms with Crippen molar-refractivity contribution in [3.63, 3.8) is 0 Å². The van der Waals surface area contributed by atoms with Crippen molar-refractivity contribution < 1.29 is 14.6 Å². The Kier molecular flexibility index (Phi) is 3.24. The number of methoxy groups -OCH3 is 2. The highest BCUT2D eigenvalue weighted by Crippen LogP contribution is 2.29. The molecule has 0 fully saturated rings. The van der Waals surface area contributed by atoms with Crippen LogP contribution in [0.5, 0.6) is 11.5 Å². The Bertz CT molecular complexity index is 510. The average molecular weight is 235 g/mol. The molecule has 1 heterocycles. The number of aromatic amines is 1. The molecule has 0 spiro atoms. The molecule has 0 atom stereocenters. The Morgan fingerprint density at radius 2 is 2.18 bits per heavy atom. The standard InChI is InChI=1S/C11H13N3O3/c1-16-6-10-12-11(14-13-10)7-3-4-8(15)9(5-7)17-2/h3-5,15H,6H2,1-2H3,(H,12,13,14). The highest BCUT2D eigenvalue weighted by molar-refractivity contribution is 5.60. The van der Waals surface area contributed by atoms with E-state index in [9.17, 15) is 5.11 Å². The van der Waals surface area contributed by atoms with Gasteiger partial charge in [-0.1, -0.05) is 0 Å². The monoisotopic (exact) mass is 235 g/mol. The molecule has 0 unspecified atom stereocenters. The Labute approximate surface area is 98.2 Å². The third-order valence-corrected chi connectivity index (χ3v) is 2.25. The first kappa shape index (κ1) is 11.4. The SMILES string of the molecule is COCc1nc(-c2ccc(O)c(OC)c2)n[nH]1. The van der Waals surface area contributed by atoms with Crippen molar-refractivity contribution in [1.82, 2.24) is 15.2 Å². The fraction of sp³-hybridized carbons (Fsp3) is 0.273. The molecule has 90 valence electrons. The number of benzene rings is 1. The van der Waals surface area contributed by atoms with E-state index >= 15 is 0 Å². The second-order valence-electron chi connectivity index (χ2n) is 3.43. The average Bonchev–Trinajstić information content (AvgIpc) is 2.79. The van der Waals surface area contributed by atoms with Crippen molar-refractivity contribution >= 4 is 0 Å². The van der Waals surface area contributed by atoms with Gasteiger partial charge in [0.15, 0.2) is 23.1 Å². The number of hydrogen-bond acceptors (Lipinski definition) is 5. The normalized spacial score (nSPS) is 10.5. The van der Waals surface area contributed by atoms with E-state index in [-0.39, 0.29) is 5.75 Å². The molecule has 1 aromatic carbocycles. The highest BCUT2D eigenvalue weighted by Gasteiger charge is 2.09. The van der Waals surface area contributed by atoms with Gasteiger partial charge in [-0.25, -0.2) is 4.98 Å². The van der Waals surface area contributed by atoms with E-state index in [2.05, 4.69) is 15.2 Å². The number of nitrogens with zero attached hydrogens (tertiary/aromatic N) is 2. The summed E-state index contributed by atoms with van der Waals surface area (Å²) in [6.07, 6.45) is 0. The van der Waals surface area contributed by atoms with Crippen LogP contribution in [0.3, 0.4) is 0 Å². The van der Waals surface area contributed by atoms with Crippen LogP contribution in [-0.2, 0) is 11.3 Å². The number of nitrogens with one attached hydrogen (secondary N) is 1. The van der Waals surface area contributed by atoms with Gasteiger partial charge >= 0.3 is 0 Å². The zero-order chi connectivity index (χ0) is 12.3. The summed E-state index contributed by atoms with van der Waals surface area (Å²) in [6.45, 7) is 0.377. The lowest BCUT2D eigenvalue weighted by molar-refractivity contribution is 0.178. The van der Waals surface area contributed by atoms with E-state index in [0.29, 0.717) is 24.0 Å². The smallest absolute Gasteiger partial charge is 0.181 e. The Morgan fingerprint density at radius 1 is 1.35 bits per heavy atom. The molecular formula is C11H13N3O3. The number of aromatic nitrogens is 3. The van der Waals surface area contributed by atoms with Crippen LogP contribution >= 0.6 is 0 Å². The summed E-state index contributed by atoms with van der Waals surface area (Å²) in [7, 11) is 3.08. The molecule has 2 N–H and O–H groups in total. The molecule has 0 aliphatic carbocycles. The van der Waals surface area contributed by atoms with Crippen molar-refractivity contribution in [2.75, 3.05) is 14.2 Å². The summed E-state index contributed by atoms with van der Waals surface area (Å²) in [5.41, 5.74) is 0.762. The predicted octanol–water partition coefficient (Wildman–Crippen LogP) is 1.33. The second kappa shape index (κ2) is 4.84. The molecule has 0 aliphatic heterocycles. The van der Waals surface area contributed by atoms with Crippen LogP contribution in [-0.4, -0.2) is 34.5 Å². The summed E-state index contributed by atoms with van der Waals surface area (Å²) in [6, 6.07) is 4.94. The van der Waals surface area contributed by atoms with Crippen LogP contribution < -0.4 is 4.74 Å². The van der Waals surface area contributed by atoms with Crippen LogP contribution in [0, 0.1) is 0 Å². The van der Waals surface area contributed by atoms with Crippen molar-refractivity contribution in [3.8, 4) is 22.9 Å². The van der Waals surface area contributed by atoms with E-state index in [1.165, 1.54) is 7.11 Å². The minimum atomic E-state index is 0.0869. The number of phenolic OH excluding ortho intramolecular Hbond substituents is 1. The van der Waals surface area contributed by atoms with Gasteiger partial charge in [0.25, 0.3) is 0 Å². The van der Waals surface area contributed by atoms with Gasteiger partial charge in [0, 0.05) is 12.7 Å². The topological polar surface area (TPSA) is 80.3 Å². The zero-order valence-corrected chi connectivity index (χ0v) is 9.60. The van der Waals surface area contributed by atoms with Crippen LogP contribution in [0.1, 0.15) is 5.82 Å². The maximum atomic E-state index is 9.48. The van der Waals surface area contributed by atoms with Crippen LogP contribution in [0.4, 0.5) is 0 Å². The zero-order valence-electron chi connectivity index (χ0n) is 9.60. The summed E-state index contributed by atoms with van der Waals surface area (Å²) in [5, 5.41) is 16.3. The first-order chi connectivity index (χ1) is 8.24. The van der Waals surface area contributed by atoms with Crippen LogP contribution in [0.15, 0.2) is 18.2 Å². The first-order valence-corrected chi connectivity index (χ1v) is 5.02. The molecule has 0 radical (unpaired) electrons. The number of aromatic hydroxyl groups is 1. The molecule has 2 rings (SSSR count). The maximum absolute atomic E-state index is 9.48. The summed E-state index contributed by atoms with van der Waals surface area (Å²) >= 11 is 0. The molecular weight excluding hydrogens is 222 g/mol. The minimum absolute atomic E-state index is 0.0869. The van der Waals surface area contributed by atoms with E-state index < -0.39 is 0 Å². The largest absolute Gasteiger partial charge is 0.504 e. The third-order valence-electron chi connectivity index (χ3n) is 2.25. The molecule has 0 saturated heterocycles. The van der Waals surface area contributed by atoms with Gasteiger partial charge in [-0.2, -0.15) is 5.10 Å². The fourth-order valence-electron chi connectivity index (χ4n) is 1.44. The van der Waals surface area contributed by atoms with E-state index in [0.717, 1.165) is 5.56 Å². The van der Waals surface area contributed by atoms with Gasteiger partial charge in [-0.15, -0.1) is 0 Å². The van der Waals surface area contributed by atoms with Crippen molar-refractivity contribution in [2.45, 2.75) is 6.61 Å². The molecule has 1 aromatic heterocycles. The second-order valence-corrected chi connectivity index (χ2v) is 3.43. The van der Waals surface area contributed by atoms with Crippen LogP contribution in [0.25, 0.3) is 11.4 Å². The number of ether oxygens (including phenoxy) is 2. The van der Waals surface area contributed by atoms with Crippen LogP contribution in [0.2, 0.25) is 0 Å². The Hall–Kier alpha value is -2.08. The van der Waals surface area contributed by atoms with E-state index in [4.69, 9.17) is 9.47 Å². The molecule has 0 bridgehead atoms. The van der Waals surface area contributed by atoms with Gasteiger partial charge in [-0.05, 0) is 18.2 Å². The van der Waals surface area contributed by atoms with Gasteiger partial charge in [-0.3, -0.25) is 5.10 Å². The third kappa shape index (κ3) is 2.36. The molecule has 6 heteroatoms. The molecule has 0 saturated carbocycles. The summed E-state index contributed by atoms with van der Waals surface area (Å²) in [4.78, 5) is 4.25.